The van der Waals surface area contributed by atoms with Crippen LogP contribution in [-0.2, 0) is 6.54 Å². The maximum atomic E-state index is 12.5. The molecule has 1 aromatic rings. The van der Waals surface area contributed by atoms with Gasteiger partial charge in [0.2, 0.25) is 0 Å². The predicted molar refractivity (Wildman–Crippen MR) is 83.8 cm³/mol. The number of β-amino-alcohol motifs (C(OH)–C–C–N with tert-alkyl or cyclic N) is 1. The largest absolute Gasteiger partial charge is 0.393 e. The molecule has 0 aliphatic carbocycles. The Morgan fingerprint density at radius 1 is 1.32 bits per heavy atom. The predicted octanol–water partition coefficient (Wildman–Crippen LogP) is 0.698. The second kappa shape index (κ2) is 6.62. The van der Waals surface area contributed by atoms with Crippen LogP contribution in [0.5, 0.6) is 0 Å². The minimum absolute atomic E-state index is 0.0863. The summed E-state index contributed by atoms with van der Waals surface area (Å²) in [6.45, 7) is 3.55. The van der Waals surface area contributed by atoms with E-state index < -0.39 is 5.60 Å². The van der Waals surface area contributed by atoms with Crippen LogP contribution in [0.2, 0.25) is 0 Å². The van der Waals surface area contributed by atoms with Crippen molar-refractivity contribution in [1.29, 1.82) is 0 Å². The number of hydrogen-bond acceptors (Lipinski definition) is 6. The van der Waals surface area contributed by atoms with Crippen molar-refractivity contribution in [3.05, 3.63) is 16.1 Å². The Kier molecular flexibility index (Phi) is 4.77. The van der Waals surface area contributed by atoms with E-state index in [0.717, 1.165) is 24.6 Å². The summed E-state index contributed by atoms with van der Waals surface area (Å²) in [5, 5.41) is 20.4. The summed E-state index contributed by atoms with van der Waals surface area (Å²) in [6, 6.07) is 0. The first-order valence-electron chi connectivity index (χ1n) is 7.89. The van der Waals surface area contributed by atoms with Gasteiger partial charge in [-0.1, -0.05) is 0 Å². The van der Waals surface area contributed by atoms with Crippen LogP contribution in [0.3, 0.4) is 0 Å². The van der Waals surface area contributed by atoms with Crippen molar-refractivity contribution in [3.63, 3.8) is 0 Å². The number of aliphatic hydroxyl groups is 2. The highest BCUT2D eigenvalue weighted by molar-refractivity contribution is 7.13. The fraction of sp³-hybridized carbons (Fsp3) is 0.733. The topological polar surface area (TPSA) is 76.9 Å². The smallest absolute Gasteiger partial charge is 0.265 e. The highest BCUT2D eigenvalue weighted by atomic mass is 32.1. The summed E-state index contributed by atoms with van der Waals surface area (Å²) in [4.78, 5) is 21.5. The molecule has 1 amide bonds. The van der Waals surface area contributed by atoms with Gasteiger partial charge in [-0.25, -0.2) is 4.98 Å². The average Bonchev–Trinajstić information content (AvgIpc) is 3.19. The highest BCUT2D eigenvalue weighted by Gasteiger charge is 2.35. The Labute approximate surface area is 134 Å². The molecule has 2 aliphatic heterocycles. The van der Waals surface area contributed by atoms with Gasteiger partial charge in [-0.2, -0.15) is 0 Å². The lowest BCUT2D eigenvalue weighted by Crippen LogP contribution is -2.52. The summed E-state index contributed by atoms with van der Waals surface area (Å²) in [7, 11) is 0. The average molecular weight is 325 g/mol. The number of nitrogens with zero attached hydrogens (tertiary/aromatic N) is 3. The van der Waals surface area contributed by atoms with Gasteiger partial charge in [0.05, 0.1) is 25.9 Å². The molecule has 2 aliphatic rings. The molecule has 0 unspecified atom stereocenters. The van der Waals surface area contributed by atoms with Gasteiger partial charge in [0.15, 0.2) is 0 Å². The van der Waals surface area contributed by atoms with Crippen LogP contribution in [0.1, 0.15) is 40.4 Å². The second-order valence-corrected chi connectivity index (χ2v) is 7.43. The maximum absolute atomic E-state index is 12.5. The third-order valence-electron chi connectivity index (χ3n) is 4.46. The van der Waals surface area contributed by atoms with Crippen LogP contribution in [0, 0.1) is 0 Å². The van der Waals surface area contributed by atoms with Crippen LogP contribution >= 0.6 is 11.3 Å². The fourth-order valence-corrected chi connectivity index (χ4v) is 4.11. The van der Waals surface area contributed by atoms with Crippen molar-refractivity contribution in [2.45, 2.75) is 37.8 Å². The van der Waals surface area contributed by atoms with Crippen LogP contribution in [0.15, 0.2) is 6.20 Å². The van der Waals surface area contributed by atoms with Gasteiger partial charge in [-0.3, -0.25) is 9.69 Å². The monoisotopic (exact) mass is 325 g/mol. The van der Waals surface area contributed by atoms with E-state index >= 15 is 0 Å². The number of thiazole rings is 1. The first-order valence-corrected chi connectivity index (χ1v) is 8.71. The van der Waals surface area contributed by atoms with Crippen molar-refractivity contribution in [2.75, 3.05) is 32.8 Å². The molecule has 2 fully saturated rings. The molecule has 1 atom stereocenters. The number of aliphatic hydroxyl groups excluding tert-OH is 1. The quantitative estimate of drug-likeness (QED) is 0.852. The Morgan fingerprint density at radius 2 is 2.09 bits per heavy atom. The van der Waals surface area contributed by atoms with E-state index in [-0.39, 0.29) is 19.1 Å². The number of likely N-dealkylation sites (tertiary alicyclic amines) is 2. The Morgan fingerprint density at radius 3 is 2.82 bits per heavy atom. The molecular weight excluding hydrogens is 302 g/mol. The lowest BCUT2D eigenvalue weighted by Gasteiger charge is -2.37. The Hall–Kier alpha value is -1.02. The van der Waals surface area contributed by atoms with Gasteiger partial charge < -0.3 is 15.1 Å². The van der Waals surface area contributed by atoms with Crippen LogP contribution in [-0.4, -0.2) is 69.3 Å². The number of aromatic nitrogens is 1. The van der Waals surface area contributed by atoms with Crippen LogP contribution in [0.25, 0.3) is 0 Å². The summed E-state index contributed by atoms with van der Waals surface area (Å²) >= 11 is 1.44. The SMILES string of the molecule is O=C(c1cnc(CN2CCCC2)s1)N1CCC[C@@](O)(CO)C1. The van der Waals surface area contributed by atoms with E-state index in [9.17, 15) is 15.0 Å². The third-order valence-corrected chi connectivity index (χ3v) is 5.43. The Balaban J connectivity index is 1.63. The zero-order valence-corrected chi connectivity index (χ0v) is 13.5. The molecule has 122 valence electrons. The Bertz CT molecular complexity index is 530. The standard InChI is InChI=1S/C15H23N3O3S/c19-11-15(21)4-3-7-18(10-15)14(20)12-8-16-13(22-12)9-17-5-1-2-6-17/h8,19,21H,1-7,9-11H2/t15-/m0/s1. The molecule has 0 saturated carbocycles. The minimum atomic E-state index is -1.16. The van der Waals surface area contributed by atoms with E-state index in [4.69, 9.17) is 0 Å². The molecule has 6 nitrogen and oxygen atoms in total. The first-order chi connectivity index (χ1) is 10.6. The second-order valence-electron chi connectivity index (χ2n) is 6.31. The van der Waals surface area contributed by atoms with Crippen molar-refractivity contribution < 1.29 is 15.0 Å². The molecular formula is C15H23N3O3S. The fourth-order valence-electron chi connectivity index (χ4n) is 3.18. The van der Waals surface area contributed by atoms with Crippen molar-refractivity contribution in [3.8, 4) is 0 Å². The molecule has 3 rings (SSSR count). The number of amides is 1. The summed E-state index contributed by atoms with van der Waals surface area (Å²) in [5.41, 5.74) is -1.16. The maximum Gasteiger partial charge on any atom is 0.265 e. The lowest BCUT2D eigenvalue weighted by atomic mass is 9.94. The molecule has 0 spiro atoms. The van der Waals surface area contributed by atoms with E-state index in [1.54, 1.807) is 11.1 Å². The summed E-state index contributed by atoms with van der Waals surface area (Å²) in [5.74, 6) is -0.0863. The van der Waals surface area contributed by atoms with Crippen molar-refractivity contribution in [2.24, 2.45) is 0 Å². The summed E-state index contributed by atoms with van der Waals surface area (Å²) < 4.78 is 0. The normalized spacial score (nSPS) is 26.5. The minimum Gasteiger partial charge on any atom is -0.393 e. The molecule has 0 radical (unpaired) electrons. The van der Waals surface area contributed by atoms with Gasteiger partial charge in [-0.15, -0.1) is 11.3 Å². The van der Waals surface area contributed by atoms with E-state index in [1.807, 2.05) is 0 Å². The van der Waals surface area contributed by atoms with E-state index in [0.29, 0.717) is 24.3 Å². The van der Waals surface area contributed by atoms with Crippen LogP contribution in [0.4, 0.5) is 0 Å². The molecule has 3 heterocycles. The number of rotatable bonds is 4. The van der Waals surface area contributed by atoms with E-state index in [2.05, 4.69) is 9.88 Å². The molecule has 0 bridgehead atoms. The molecule has 1 aromatic heterocycles. The first kappa shape index (κ1) is 15.9. The van der Waals surface area contributed by atoms with Crippen molar-refractivity contribution >= 4 is 17.2 Å². The van der Waals surface area contributed by atoms with E-state index in [1.165, 1.54) is 24.2 Å². The third kappa shape index (κ3) is 3.48. The zero-order valence-electron chi connectivity index (χ0n) is 12.7. The van der Waals surface area contributed by atoms with Gasteiger partial charge in [0.25, 0.3) is 5.91 Å². The molecule has 2 saturated heterocycles. The number of piperidine rings is 1. The number of carbonyl (C=O) groups excluding carboxylic acids is 1. The highest BCUT2D eigenvalue weighted by Crippen LogP contribution is 2.24. The van der Waals surface area contributed by atoms with Gasteiger partial charge in [-0.05, 0) is 38.8 Å². The van der Waals surface area contributed by atoms with Crippen LogP contribution < -0.4 is 0 Å². The van der Waals surface area contributed by atoms with Gasteiger partial charge in [0.1, 0.15) is 15.5 Å². The number of hydrogen-bond donors (Lipinski definition) is 2. The molecule has 2 N–H and O–H groups in total. The molecule has 0 aromatic carbocycles. The van der Waals surface area contributed by atoms with Gasteiger partial charge >= 0.3 is 0 Å². The number of carbonyl (C=O) groups is 1. The van der Waals surface area contributed by atoms with Gasteiger partial charge in [0, 0.05) is 6.54 Å². The lowest BCUT2D eigenvalue weighted by molar-refractivity contribution is -0.0597. The zero-order chi connectivity index (χ0) is 15.6. The summed E-state index contributed by atoms with van der Waals surface area (Å²) in [6.07, 6.45) is 5.37. The molecule has 7 heteroatoms. The molecule has 22 heavy (non-hydrogen) atoms. The van der Waals surface area contributed by atoms with Crippen molar-refractivity contribution in [1.82, 2.24) is 14.8 Å².